The van der Waals surface area contributed by atoms with Gasteiger partial charge in [0.15, 0.2) is 11.6 Å². The highest BCUT2D eigenvalue weighted by Gasteiger charge is 2.17. The normalized spacial score (nSPS) is 12.2. The van der Waals surface area contributed by atoms with Crippen molar-refractivity contribution in [2.24, 2.45) is 11.7 Å². The molecule has 0 radical (unpaired) electrons. The fourth-order valence-corrected chi connectivity index (χ4v) is 1.64. The van der Waals surface area contributed by atoms with Gasteiger partial charge in [-0.05, 0) is 30.5 Å². The first-order valence-electron chi connectivity index (χ1n) is 6.03. The standard InChI is InChI=1S/C13H19FN2O2/c1-2-5-16-13(18)10(8-15)6-9-3-4-12(17)11(14)7-9/h3-4,7,10,17H,2,5-6,8,15H2,1H3,(H,16,18). The molecule has 0 aliphatic carbocycles. The number of halogens is 1. The van der Waals surface area contributed by atoms with E-state index in [1.165, 1.54) is 12.1 Å². The van der Waals surface area contributed by atoms with Crippen LogP contribution >= 0.6 is 0 Å². The smallest absolute Gasteiger partial charge is 0.224 e. The average molecular weight is 254 g/mol. The van der Waals surface area contributed by atoms with Crippen LogP contribution < -0.4 is 11.1 Å². The summed E-state index contributed by atoms with van der Waals surface area (Å²) in [4.78, 5) is 11.8. The Morgan fingerprint density at radius 1 is 1.56 bits per heavy atom. The van der Waals surface area contributed by atoms with E-state index in [-0.39, 0.29) is 18.4 Å². The van der Waals surface area contributed by atoms with Gasteiger partial charge < -0.3 is 16.2 Å². The summed E-state index contributed by atoms with van der Waals surface area (Å²) in [5.41, 5.74) is 6.20. The topological polar surface area (TPSA) is 75.4 Å². The maximum absolute atomic E-state index is 13.2. The summed E-state index contributed by atoms with van der Waals surface area (Å²) in [5.74, 6) is -1.57. The van der Waals surface area contributed by atoms with Gasteiger partial charge in [0.05, 0.1) is 5.92 Å². The molecule has 0 heterocycles. The number of nitrogens with one attached hydrogen (secondary N) is 1. The third-order valence-corrected chi connectivity index (χ3v) is 2.70. The Kier molecular flexibility index (Phi) is 5.58. The molecule has 1 amide bonds. The molecule has 1 aromatic carbocycles. The zero-order valence-corrected chi connectivity index (χ0v) is 10.4. The van der Waals surface area contributed by atoms with Crippen LogP contribution in [0.5, 0.6) is 5.75 Å². The molecule has 0 saturated heterocycles. The lowest BCUT2D eigenvalue weighted by Gasteiger charge is -2.14. The van der Waals surface area contributed by atoms with Crippen molar-refractivity contribution in [3.05, 3.63) is 29.6 Å². The van der Waals surface area contributed by atoms with E-state index in [1.54, 1.807) is 6.07 Å². The average Bonchev–Trinajstić information content (AvgIpc) is 2.37. The summed E-state index contributed by atoms with van der Waals surface area (Å²) < 4.78 is 13.2. The Morgan fingerprint density at radius 2 is 2.28 bits per heavy atom. The molecule has 1 unspecified atom stereocenters. The van der Waals surface area contributed by atoms with Crippen LogP contribution in [-0.4, -0.2) is 24.1 Å². The van der Waals surface area contributed by atoms with Crippen LogP contribution in [0.1, 0.15) is 18.9 Å². The van der Waals surface area contributed by atoms with Crippen LogP contribution in [0, 0.1) is 11.7 Å². The van der Waals surface area contributed by atoms with Crippen molar-refractivity contribution in [2.75, 3.05) is 13.1 Å². The highest BCUT2D eigenvalue weighted by Crippen LogP contribution is 2.18. The van der Waals surface area contributed by atoms with Gasteiger partial charge in [-0.2, -0.15) is 0 Å². The van der Waals surface area contributed by atoms with E-state index in [0.717, 1.165) is 6.42 Å². The minimum Gasteiger partial charge on any atom is -0.505 e. The van der Waals surface area contributed by atoms with E-state index in [4.69, 9.17) is 10.8 Å². The van der Waals surface area contributed by atoms with Crippen LogP contribution in [0.25, 0.3) is 0 Å². The van der Waals surface area contributed by atoms with Crippen LogP contribution in [0.3, 0.4) is 0 Å². The number of hydrogen-bond acceptors (Lipinski definition) is 3. The summed E-state index contributed by atoms with van der Waals surface area (Å²) >= 11 is 0. The van der Waals surface area contributed by atoms with Gasteiger partial charge in [0.2, 0.25) is 5.91 Å². The number of hydrogen-bond donors (Lipinski definition) is 3. The number of phenolic OH excluding ortho intramolecular Hbond substituents is 1. The number of phenols is 1. The van der Waals surface area contributed by atoms with Gasteiger partial charge in [0.25, 0.3) is 0 Å². The van der Waals surface area contributed by atoms with Gasteiger partial charge in [0, 0.05) is 13.1 Å². The number of nitrogens with two attached hydrogens (primary N) is 1. The van der Waals surface area contributed by atoms with Gasteiger partial charge >= 0.3 is 0 Å². The van der Waals surface area contributed by atoms with Gasteiger partial charge in [-0.25, -0.2) is 4.39 Å². The predicted molar refractivity (Wildman–Crippen MR) is 67.6 cm³/mol. The van der Waals surface area contributed by atoms with Gasteiger partial charge in [-0.15, -0.1) is 0 Å². The van der Waals surface area contributed by atoms with E-state index in [2.05, 4.69) is 5.32 Å². The number of rotatable bonds is 6. The highest BCUT2D eigenvalue weighted by molar-refractivity contribution is 5.79. The van der Waals surface area contributed by atoms with Crippen LogP contribution in [0.15, 0.2) is 18.2 Å². The Balaban J connectivity index is 2.67. The number of carbonyl (C=O) groups is 1. The molecule has 0 saturated carbocycles. The molecule has 4 N–H and O–H groups in total. The van der Waals surface area contributed by atoms with Gasteiger partial charge in [-0.1, -0.05) is 13.0 Å². The fraction of sp³-hybridized carbons (Fsp3) is 0.462. The SMILES string of the molecule is CCCNC(=O)C(CN)Cc1ccc(O)c(F)c1. The van der Waals surface area contributed by atoms with E-state index in [1.807, 2.05) is 6.92 Å². The second-order valence-corrected chi connectivity index (χ2v) is 4.21. The van der Waals surface area contributed by atoms with Crippen molar-refractivity contribution in [1.82, 2.24) is 5.32 Å². The molecular formula is C13H19FN2O2. The Bertz CT molecular complexity index is 410. The molecular weight excluding hydrogens is 235 g/mol. The predicted octanol–water partition coefficient (Wildman–Crippen LogP) is 1.17. The van der Waals surface area contributed by atoms with Gasteiger partial charge in [-0.3, -0.25) is 4.79 Å². The Hall–Kier alpha value is -1.62. The first-order valence-corrected chi connectivity index (χ1v) is 6.03. The monoisotopic (exact) mass is 254 g/mol. The van der Waals surface area contributed by atoms with Crippen molar-refractivity contribution in [2.45, 2.75) is 19.8 Å². The van der Waals surface area contributed by atoms with Crippen molar-refractivity contribution in [1.29, 1.82) is 0 Å². The summed E-state index contributed by atoms with van der Waals surface area (Å²) in [5, 5.41) is 11.8. The molecule has 0 aliphatic rings. The molecule has 0 aliphatic heterocycles. The van der Waals surface area contributed by atoms with Crippen LogP contribution in [-0.2, 0) is 11.2 Å². The quantitative estimate of drug-likeness (QED) is 0.713. The lowest BCUT2D eigenvalue weighted by Crippen LogP contribution is -2.36. The minimum atomic E-state index is -0.683. The highest BCUT2D eigenvalue weighted by atomic mass is 19.1. The van der Waals surface area contributed by atoms with E-state index in [9.17, 15) is 9.18 Å². The Labute approximate surface area is 106 Å². The molecule has 1 rings (SSSR count). The molecule has 1 atom stereocenters. The van der Waals surface area contributed by atoms with Crippen molar-refractivity contribution in [3.63, 3.8) is 0 Å². The molecule has 1 aromatic rings. The minimum absolute atomic E-state index is 0.118. The third kappa shape index (κ3) is 4.00. The molecule has 0 fully saturated rings. The second kappa shape index (κ2) is 6.96. The lowest BCUT2D eigenvalue weighted by atomic mass is 9.98. The molecule has 5 heteroatoms. The molecule has 100 valence electrons. The first-order chi connectivity index (χ1) is 8.58. The number of amides is 1. The molecule has 4 nitrogen and oxygen atoms in total. The van der Waals surface area contributed by atoms with Crippen molar-refractivity contribution >= 4 is 5.91 Å². The Morgan fingerprint density at radius 3 is 2.83 bits per heavy atom. The fourth-order valence-electron chi connectivity index (χ4n) is 1.64. The van der Waals surface area contributed by atoms with E-state index < -0.39 is 11.6 Å². The molecule has 0 bridgehead atoms. The molecule has 0 aromatic heterocycles. The summed E-state index contributed by atoms with van der Waals surface area (Å²) in [6.07, 6.45) is 1.22. The second-order valence-electron chi connectivity index (χ2n) is 4.21. The van der Waals surface area contributed by atoms with Crippen molar-refractivity contribution < 1.29 is 14.3 Å². The largest absolute Gasteiger partial charge is 0.505 e. The zero-order valence-electron chi connectivity index (χ0n) is 10.4. The number of carbonyl (C=O) groups excluding carboxylic acids is 1. The van der Waals surface area contributed by atoms with Crippen LogP contribution in [0.4, 0.5) is 4.39 Å². The molecule has 18 heavy (non-hydrogen) atoms. The first kappa shape index (κ1) is 14.4. The number of benzene rings is 1. The van der Waals surface area contributed by atoms with Crippen molar-refractivity contribution in [3.8, 4) is 5.75 Å². The maximum atomic E-state index is 13.2. The van der Waals surface area contributed by atoms with Crippen LogP contribution in [0.2, 0.25) is 0 Å². The lowest BCUT2D eigenvalue weighted by molar-refractivity contribution is -0.124. The zero-order chi connectivity index (χ0) is 13.5. The third-order valence-electron chi connectivity index (χ3n) is 2.70. The molecule has 0 spiro atoms. The number of aromatic hydroxyl groups is 1. The maximum Gasteiger partial charge on any atom is 0.224 e. The summed E-state index contributed by atoms with van der Waals surface area (Å²) in [7, 11) is 0. The van der Waals surface area contributed by atoms with E-state index in [0.29, 0.717) is 18.5 Å². The summed E-state index contributed by atoms with van der Waals surface area (Å²) in [6.45, 7) is 2.78. The van der Waals surface area contributed by atoms with Gasteiger partial charge in [0.1, 0.15) is 0 Å². The summed E-state index contributed by atoms with van der Waals surface area (Å²) in [6, 6.07) is 4.10. The van der Waals surface area contributed by atoms with E-state index >= 15 is 0 Å².